The summed E-state index contributed by atoms with van der Waals surface area (Å²) in [6.45, 7) is 4.04. The molecule has 0 saturated carbocycles. The molecule has 2 rings (SSSR count). The minimum absolute atomic E-state index is 0.219. The zero-order valence-electron chi connectivity index (χ0n) is 10.8. The molecule has 1 aromatic carbocycles. The summed E-state index contributed by atoms with van der Waals surface area (Å²) >= 11 is 0. The molecule has 0 spiro atoms. The zero-order chi connectivity index (χ0) is 13.5. The molecule has 0 aliphatic heterocycles. The second kappa shape index (κ2) is 6.84. The molecule has 0 aliphatic rings. The van der Waals surface area contributed by atoms with Gasteiger partial charge in [0.25, 0.3) is 0 Å². The van der Waals surface area contributed by atoms with Crippen LogP contribution in [0.5, 0.6) is 0 Å². The Morgan fingerprint density at radius 1 is 1.32 bits per heavy atom. The van der Waals surface area contributed by atoms with Crippen LogP contribution >= 0.6 is 0 Å². The number of aromatic nitrogens is 2. The highest BCUT2D eigenvalue weighted by Crippen LogP contribution is 2.07. The van der Waals surface area contributed by atoms with Crippen LogP contribution in [0.3, 0.4) is 0 Å². The van der Waals surface area contributed by atoms with Gasteiger partial charge in [0, 0.05) is 6.54 Å². The van der Waals surface area contributed by atoms with E-state index in [1.807, 2.05) is 13.0 Å². The number of hydrogen-bond acceptors (Lipinski definition) is 5. The van der Waals surface area contributed by atoms with Gasteiger partial charge in [-0.3, -0.25) is 0 Å². The summed E-state index contributed by atoms with van der Waals surface area (Å²) in [6, 6.07) is 6.93. The second-order valence-electron chi connectivity index (χ2n) is 4.09. The third-order valence-corrected chi connectivity index (χ3v) is 2.57. The van der Waals surface area contributed by atoms with Gasteiger partial charge in [-0.2, -0.15) is 0 Å². The minimum Gasteiger partial charge on any atom is -0.407 e. The summed E-state index contributed by atoms with van der Waals surface area (Å²) < 4.78 is 18.3. The summed E-state index contributed by atoms with van der Waals surface area (Å²) in [6.07, 6.45) is 0.697. The molecule has 2 aromatic rings. The van der Waals surface area contributed by atoms with E-state index < -0.39 is 0 Å². The average Bonchev–Trinajstić information content (AvgIpc) is 2.84. The Labute approximate surface area is 111 Å². The van der Waals surface area contributed by atoms with Crippen LogP contribution in [-0.4, -0.2) is 23.3 Å². The molecule has 0 amide bonds. The van der Waals surface area contributed by atoms with E-state index >= 15 is 0 Å². The number of anilines is 1. The monoisotopic (exact) mass is 264 g/mol. The molecule has 0 fully saturated rings. The third-order valence-electron chi connectivity index (χ3n) is 2.57. The number of benzene rings is 1. The van der Waals surface area contributed by atoms with Crippen molar-refractivity contribution in [1.82, 2.24) is 15.5 Å². The van der Waals surface area contributed by atoms with Crippen molar-refractivity contribution in [2.45, 2.75) is 19.9 Å². The molecular weight excluding hydrogens is 247 g/mol. The Balaban J connectivity index is 1.77. The first-order chi connectivity index (χ1) is 9.28. The highest BCUT2D eigenvalue weighted by atomic mass is 19.1. The van der Waals surface area contributed by atoms with Crippen molar-refractivity contribution < 1.29 is 8.81 Å². The Morgan fingerprint density at radius 2 is 2.21 bits per heavy atom. The van der Waals surface area contributed by atoms with Gasteiger partial charge in [0.2, 0.25) is 5.89 Å². The van der Waals surface area contributed by atoms with Crippen molar-refractivity contribution in [3.63, 3.8) is 0 Å². The predicted octanol–water partition coefficient (Wildman–Crippen LogP) is 1.97. The SMILES string of the molecule is CCNCc1nnc(NCCc2cccc(F)c2)o1. The maximum atomic E-state index is 13.0. The molecule has 1 heterocycles. The molecule has 19 heavy (non-hydrogen) atoms. The molecule has 2 N–H and O–H groups in total. The molecular formula is C13H17FN4O. The van der Waals surface area contributed by atoms with Gasteiger partial charge >= 0.3 is 6.01 Å². The van der Waals surface area contributed by atoms with Crippen molar-refractivity contribution in [2.24, 2.45) is 0 Å². The van der Waals surface area contributed by atoms with Crippen LogP contribution in [0.15, 0.2) is 28.7 Å². The van der Waals surface area contributed by atoms with Crippen LogP contribution in [0.25, 0.3) is 0 Å². The third kappa shape index (κ3) is 4.33. The minimum atomic E-state index is -0.219. The Morgan fingerprint density at radius 3 is 3.00 bits per heavy atom. The lowest BCUT2D eigenvalue weighted by molar-refractivity contribution is 0.481. The number of nitrogens with zero attached hydrogens (tertiary/aromatic N) is 2. The van der Waals surface area contributed by atoms with E-state index in [-0.39, 0.29) is 5.82 Å². The van der Waals surface area contributed by atoms with Crippen molar-refractivity contribution in [3.8, 4) is 0 Å². The second-order valence-corrected chi connectivity index (χ2v) is 4.09. The maximum absolute atomic E-state index is 13.0. The molecule has 0 saturated heterocycles. The van der Waals surface area contributed by atoms with Gasteiger partial charge in [0.05, 0.1) is 6.54 Å². The highest BCUT2D eigenvalue weighted by Gasteiger charge is 2.04. The normalized spacial score (nSPS) is 10.6. The molecule has 6 heteroatoms. The highest BCUT2D eigenvalue weighted by molar-refractivity contribution is 5.21. The van der Waals surface area contributed by atoms with Crippen LogP contribution in [0.1, 0.15) is 18.4 Å². The lowest BCUT2D eigenvalue weighted by Crippen LogP contribution is -2.11. The van der Waals surface area contributed by atoms with Crippen LogP contribution in [0.2, 0.25) is 0 Å². The molecule has 1 aromatic heterocycles. The summed E-state index contributed by atoms with van der Waals surface area (Å²) in [7, 11) is 0. The first-order valence-electron chi connectivity index (χ1n) is 6.29. The fourth-order valence-electron chi connectivity index (χ4n) is 1.63. The summed E-state index contributed by atoms with van der Waals surface area (Å²) in [4.78, 5) is 0. The van der Waals surface area contributed by atoms with Crippen molar-refractivity contribution in [1.29, 1.82) is 0 Å². The van der Waals surface area contributed by atoms with Gasteiger partial charge in [-0.15, -0.1) is 5.10 Å². The van der Waals surface area contributed by atoms with Gasteiger partial charge in [-0.25, -0.2) is 4.39 Å². The molecule has 5 nitrogen and oxygen atoms in total. The van der Waals surface area contributed by atoms with Crippen molar-refractivity contribution in [3.05, 3.63) is 41.5 Å². The first-order valence-corrected chi connectivity index (χ1v) is 6.29. The van der Waals surface area contributed by atoms with Gasteiger partial charge in [-0.05, 0) is 30.7 Å². The van der Waals surface area contributed by atoms with Crippen LogP contribution in [-0.2, 0) is 13.0 Å². The molecule has 0 bridgehead atoms. The number of hydrogen-bond donors (Lipinski definition) is 2. The first kappa shape index (κ1) is 13.5. The number of rotatable bonds is 7. The molecule has 0 radical (unpaired) electrons. The fraction of sp³-hybridized carbons (Fsp3) is 0.385. The van der Waals surface area contributed by atoms with E-state index in [9.17, 15) is 4.39 Å². The smallest absolute Gasteiger partial charge is 0.315 e. The van der Waals surface area contributed by atoms with Gasteiger partial charge < -0.3 is 15.1 Å². The van der Waals surface area contributed by atoms with Crippen molar-refractivity contribution >= 4 is 6.01 Å². The lowest BCUT2D eigenvalue weighted by Gasteiger charge is -2.02. The molecule has 0 aliphatic carbocycles. The van der Waals surface area contributed by atoms with E-state index in [0.29, 0.717) is 31.4 Å². The van der Waals surface area contributed by atoms with Crippen LogP contribution < -0.4 is 10.6 Å². The van der Waals surface area contributed by atoms with E-state index in [0.717, 1.165) is 12.1 Å². The topological polar surface area (TPSA) is 63.0 Å². The summed E-state index contributed by atoms with van der Waals surface area (Å²) in [5, 5.41) is 13.9. The zero-order valence-corrected chi connectivity index (χ0v) is 10.8. The van der Waals surface area contributed by atoms with Crippen LogP contribution in [0, 0.1) is 5.82 Å². The largest absolute Gasteiger partial charge is 0.407 e. The summed E-state index contributed by atoms with van der Waals surface area (Å²) in [5.74, 6) is 0.332. The predicted molar refractivity (Wildman–Crippen MR) is 70.3 cm³/mol. The van der Waals surface area contributed by atoms with E-state index in [4.69, 9.17) is 4.42 Å². The quantitative estimate of drug-likeness (QED) is 0.800. The van der Waals surface area contributed by atoms with E-state index in [1.165, 1.54) is 12.1 Å². The summed E-state index contributed by atoms with van der Waals surface area (Å²) in [5.41, 5.74) is 0.930. The number of nitrogens with one attached hydrogen (secondary N) is 2. The maximum Gasteiger partial charge on any atom is 0.315 e. The Bertz CT molecular complexity index is 515. The average molecular weight is 264 g/mol. The fourth-order valence-corrected chi connectivity index (χ4v) is 1.63. The molecule has 0 unspecified atom stereocenters. The van der Waals surface area contributed by atoms with Gasteiger partial charge in [0.1, 0.15) is 5.82 Å². The van der Waals surface area contributed by atoms with Gasteiger partial charge in [0.15, 0.2) is 0 Å². The van der Waals surface area contributed by atoms with Crippen molar-refractivity contribution in [2.75, 3.05) is 18.4 Å². The Kier molecular flexibility index (Phi) is 4.85. The van der Waals surface area contributed by atoms with E-state index in [1.54, 1.807) is 6.07 Å². The Hall–Kier alpha value is -1.95. The number of halogens is 1. The van der Waals surface area contributed by atoms with Crippen LogP contribution in [0.4, 0.5) is 10.4 Å². The molecule has 0 atom stereocenters. The molecule has 102 valence electrons. The van der Waals surface area contributed by atoms with E-state index in [2.05, 4.69) is 20.8 Å². The van der Waals surface area contributed by atoms with Gasteiger partial charge in [-0.1, -0.05) is 24.2 Å². The lowest BCUT2D eigenvalue weighted by atomic mass is 10.1. The standard InChI is InChI=1S/C13H17FN4O/c1-2-15-9-12-17-18-13(19-12)16-7-6-10-4-3-5-11(14)8-10/h3-5,8,15H,2,6-7,9H2,1H3,(H,16,18).